The van der Waals surface area contributed by atoms with E-state index >= 15 is 0 Å². The van der Waals surface area contributed by atoms with Crippen LogP contribution >= 0.6 is 0 Å². The maximum atomic E-state index is 3.64. The molecule has 0 amide bonds. The smallest absolute Gasteiger partial charge is 0.247 e. The highest BCUT2D eigenvalue weighted by Crippen LogP contribution is 2.27. The van der Waals surface area contributed by atoms with Crippen LogP contribution in [-0.4, -0.2) is 4.98 Å². The molecule has 0 aromatic carbocycles. The molecule has 2 heteroatoms. The Hall–Kier alpha value is -0.790. The van der Waals surface area contributed by atoms with E-state index in [0.29, 0.717) is 12.0 Å². The van der Waals surface area contributed by atoms with E-state index in [2.05, 4.69) is 49.6 Å². The number of imidazole rings is 1. The molecule has 206 valence electrons. The van der Waals surface area contributed by atoms with Gasteiger partial charge in [-0.2, -0.15) is 0 Å². The molecule has 1 N–H and O–H groups in total. The Balaban J connectivity index is 2.09. The van der Waals surface area contributed by atoms with Crippen LogP contribution in [0.5, 0.6) is 0 Å². The molecular formula is C33H65N2+. The van der Waals surface area contributed by atoms with E-state index in [0.717, 1.165) is 0 Å². The summed E-state index contributed by atoms with van der Waals surface area (Å²) in [5.41, 5.74) is 0. The summed E-state index contributed by atoms with van der Waals surface area (Å²) in [5.74, 6) is 2.21. The average Bonchev–Trinajstić information content (AvgIpc) is 3.35. The summed E-state index contributed by atoms with van der Waals surface area (Å²) in [6.07, 6.45) is 38.5. The number of aromatic nitrogens is 2. The summed E-state index contributed by atoms with van der Waals surface area (Å²) in [4.78, 5) is 3.64. The van der Waals surface area contributed by atoms with Crippen LogP contribution in [-0.2, 0) is 0 Å². The van der Waals surface area contributed by atoms with Gasteiger partial charge in [-0.05, 0) is 26.2 Å². The predicted octanol–water partition coefficient (Wildman–Crippen LogP) is 11.4. The zero-order chi connectivity index (χ0) is 25.4. The van der Waals surface area contributed by atoms with Gasteiger partial charge in [-0.3, -0.25) is 0 Å². The Labute approximate surface area is 221 Å². The zero-order valence-electron chi connectivity index (χ0n) is 24.7. The van der Waals surface area contributed by atoms with Crippen LogP contribution in [0.4, 0.5) is 0 Å². The van der Waals surface area contributed by atoms with Gasteiger partial charge >= 0.3 is 0 Å². The maximum Gasteiger partial charge on any atom is 0.257 e. The largest absolute Gasteiger partial charge is 0.257 e. The fraction of sp³-hybridized carbons (Fsp3) is 0.909. The topological polar surface area (TPSA) is 19.7 Å². The minimum absolute atomic E-state index is 0.616. The van der Waals surface area contributed by atoms with Crippen molar-refractivity contribution >= 4 is 0 Å². The summed E-state index contributed by atoms with van der Waals surface area (Å²) in [5, 5.41) is 0. The fourth-order valence-electron chi connectivity index (χ4n) is 5.80. The molecule has 1 rings (SSSR count). The van der Waals surface area contributed by atoms with E-state index in [1.165, 1.54) is 160 Å². The molecule has 0 fully saturated rings. The summed E-state index contributed by atoms with van der Waals surface area (Å²) >= 11 is 0. The summed E-state index contributed by atoms with van der Waals surface area (Å²) in [6, 6.07) is 0.616. The second kappa shape index (κ2) is 23.6. The van der Waals surface area contributed by atoms with Gasteiger partial charge in [0.1, 0.15) is 12.4 Å². The van der Waals surface area contributed by atoms with E-state index in [1.807, 2.05) is 0 Å². The molecular weight excluding hydrogens is 424 g/mol. The van der Waals surface area contributed by atoms with Gasteiger partial charge in [-0.1, -0.05) is 156 Å². The van der Waals surface area contributed by atoms with E-state index in [-0.39, 0.29) is 0 Å². The third-order valence-corrected chi connectivity index (χ3v) is 8.12. The normalized spacial score (nSPS) is 13.4. The minimum Gasteiger partial charge on any atom is -0.247 e. The van der Waals surface area contributed by atoms with Gasteiger partial charge in [0.25, 0.3) is 5.82 Å². The second-order valence-electron chi connectivity index (χ2n) is 11.5. The van der Waals surface area contributed by atoms with Crippen molar-refractivity contribution in [3.63, 3.8) is 0 Å². The molecule has 0 spiro atoms. The van der Waals surface area contributed by atoms with Crippen molar-refractivity contribution < 1.29 is 4.57 Å². The van der Waals surface area contributed by atoms with Crippen LogP contribution in [0.15, 0.2) is 12.4 Å². The molecule has 1 heterocycles. The Morgan fingerprint density at radius 1 is 0.543 bits per heavy atom. The number of rotatable bonds is 26. The molecule has 0 radical (unpaired) electrons. The fourth-order valence-corrected chi connectivity index (χ4v) is 5.80. The molecule has 2 nitrogen and oxygen atoms in total. The number of aromatic amines is 1. The zero-order valence-corrected chi connectivity index (χ0v) is 24.7. The van der Waals surface area contributed by atoms with Crippen LogP contribution in [0, 0.1) is 0 Å². The van der Waals surface area contributed by atoms with Gasteiger partial charge in [0.2, 0.25) is 0 Å². The van der Waals surface area contributed by atoms with Crippen molar-refractivity contribution in [2.75, 3.05) is 0 Å². The van der Waals surface area contributed by atoms with Crippen molar-refractivity contribution in [1.82, 2.24) is 4.98 Å². The predicted molar refractivity (Wildman–Crippen MR) is 156 cm³/mol. The summed E-state index contributed by atoms with van der Waals surface area (Å²) < 4.78 is 2.55. The first-order chi connectivity index (χ1) is 17.2. The first kappa shape index (κ1) is 32.2. The number of nitrogens with one attached hydrogen (secondary N) is 1. The average molecular weight is 490 g/mol. The van der Waals surface area contributed by atoms with Crippen LogP contribution in [0.1, 0.15) is 200 Å². The van der Waals surface area contributed by atoms with E-state index in [1.54, 1.807) is 0 Å². The lowest BCUT2D eigenvalue weighted by atomic mass is 9.93. The van der Waals surface area contributed by atoms with Crippen molar-refractivity contribution in [3.05, 3.63) is 18.2 Å². The third-order valence-electron chi connectivity index (χ3n) is 8.12. The third kappa shape index (κ3) is 16.6. The van der Waals surface area contributed by atoms with Gasteiger partial charge in [0.05, 0.1) is 12.0 Å². The van der Waals surface area contributed by atoms with Crippen molar-refractivity contribution in [2.24, 2.45) is 0 Å². The van der Waals surface area contributed by atoms with E-state index in [9.17, 15) is 0 Å². The van der Waals surface area contributed by atoms with Gasteiger partial charge in [0.15, 0.2) is 0 Å². The minimum atomic E-state index is 0.616. The maximum absolute atomic E-state index is 3.64. The van der Waals surface area contributed by atoms with Gasteiger partial charge in [0, 0.05) is 0 Å². The van der Waals surface area contributed by atoms with Gasteiger partial charge in [-0.15, -0.1) is 0 Å². The first-order valence-electron chi connectivity index (χ1n) is 16.3. The molecule has 1 aromatic rings. The Morgan fingerprint density at radius 2 is 0.943 bits per heavy atom. The summed E-state index contributed by atoms with van der Waals surface area (Å²) in [6.45, 7) is 9.32. The highest BCUT2D eigenvalue weighted by Gasteiger charge is 2.25. The molecule has 35 heavy (non-hydrogen) atoms. The summed E-state index contributed by atoms with van der Waals surface area (Å²) in [7, 11) is 0. The molecule has 2 atom stereocenters. The molecule has 0 bridgehead atoms. The second-order valence-corrected chi connectivity index (χ2v) is 11.5. The molecule has 0 saturated heterocycles. The van der Waals surface area contributed by atoms with Gasteiger partial charge in [-0.25, -0.2) is 9.55 Å². The molecule has 2 unspecified atom stereocenters. The number of nitrogens with zero attached hydrogens (tertiary/aromatic N) is 1. The highest BCUT2D eigenvalue weighted by molar-refractivity contribution is 4.90. The lowest BCUT2D eigenvalue weighted by Crippen LogP contribution is -2.41. The molecule has 1 aromatic heterocycles. The highest BCUT2D eigenvalue weighted by atomic mass is 15.1. The Kier molecular flexibility index (Phi) is 21.7. The van der Waals surface area contributed by atoms with Crippen LogP contribution in [0.2, 0.25) is 0 Å². The first-order valence-corrected chi connectivity index (χ1v) is 16.3. The monoisotopic (exact) mass is 490 g/mol. The van der Waals surface area contributed by atoms with E-state index < -0.39 is 0 Å². The molecule has 0 aliphatic rings. The molecule has 0 aliphatic carbocycles. The van der Waals surface area contributed by atoms with E-state index in [4.69, 9.17) is 0 Å². The van der Waals surface area contributed by atoms with Crippen LogP contribution in [0.3, 0.4) is 0 Å². The quantitative estimate of drug-likeness (QED) is 0.0985. The number of unbranched alkanes of at least 4 members (excludes halogenated alkanes) is 18. The molecule has 0 saturated carbocycles. The lowest BCUT2D eigenvalue weighted by molar-refractivity contribution is -0.727. The standard InChI is InChI=1S/C33H64N2/c1-5-8-10-11-12-13-14-15-16-17-18-19-20-21-22-23-25-28-32(27-24-9-6-2)33-34-29-30-35(33)31(4)26-7-3/h29-32H,5-28H2,1-4H3/p+1. The Bertz CT molecular complexity index is 549. The van der Waals surface area contributed by atoms with Crippen LogP contribution in [0.25, 0.3) is 0 Å². The van der Waals surface area contributed by atoms with Crippen LogP contribution < -0.4 is 4.57 Å². The molecule has 0 aliphatic heterocycles. The van der Waals surface area contributed by atoms with Crippen molar-refractivity contribution in [2.45, 2.75) is 194 Å². The van der Waals surface area contributed by atoms with Gasteiger partial charge < -0.3 is 0 Å². The number of H-pyrrole nitrogens is 1. The SMILES string of the molecule is CCCCCCCCCCCCCCCCCCCC(CCCCC)c1[nH]cc[n+]1C(C)CCC. The lowest BCUT2D eigenvalue weighted by Gasteiger charge is -2.17. The Morgan fingerprint density at radius 3 is 1.40 bits per heavy atom. The van der Waals surface area contributed by atoms with Crippen molar-refractivity contribution in [3.8, 4) is 0 Å². The number of hydrogen-bond donors (Lipinski definition) is 1. The number of hydrogen-bond acceptors (Lipinski definition) is 0. The van der Waals surface area contributed by atoms with Crippen molar-refractivity contribution in [1.29, 1.82) is 0 Å².